The Bertz CT molecular complexity index is 557. The molecule has 2 aromatic rings. The predicted molar refractivity (Wildman–Crippen MR) is 74.2 cm³/mol. The van der Waals surface area contributed by atoms with Gasteiger partial charge in [0.2, 0.25) is 5.88 Å². The zero-order chi connectivity index (χ0) is 13.7. The number of ether oxygens (including phenoxy) is 1. The molecule has 0 aromatic carbocycles. The van der Waals surface area contributed by atoms with Crippen molar-refractivity contribution in [3.63, 3.8) is 0 Å². The second-order valence-corrected chi connectivity index (χ2v) is 4.24. The van der Waals surface area contributed by atoms with Gasteiger partial charge in [-0.05, 0) is 38.0 Å². The van der Waals surface area contributed by atoms with Crippen LogP contribution in [0, 0.1) is 13.8 Å². The van der Waals surface area contributed by atoms with Gasteiger partial charge in [0.25, 0.3) is 0 Å². The number of nitrogens with zero attached hydrogens (tertiary/aromatic N) is 3. The highest BCUT2D eigenvalue weighted by atomic mass is 16.5. The summed E-state index contributed by atoms with van der Waals surface area (Å²) in [6.07, 6.45) is 5.16. The molecule has 0 amide bonds. The number of hydrogen-bond donors (Lipinski definition) is 1. The van der Waals surface area contributed by atoms with E-state index in [-0.39, 0.29) is 0 Å². The number of aryl methyl sites for hydroxylation is 1. The second kappa shape index (κ2) is 6.13. The average molecular weight is 258 g/mol. The molecule has 0 aliphatic rings. The minimum absolute atomic E-state index is 0.598. The van der Waals surface area contributed by atoms with Gasteiger partial charge in [0, 0.05) is 18.9 Å². The van der Waals surface area contributed by atoms with Crippen molar-refractivity contribution in [2.75, 3.05) is 11.9 Å². The van der Waals surface area contributed by atoms with Crippen LogP contribution in [0.25, 0.3) is 0 Å². The fraction of sp³-hybridized carbons (Fsp3) is 0.357. The number of nitrogens with one attached hydrogen (secondary N) is 1. The van der Waals surface area contributed by atoms with E-state index in [1.807, 2.05) is 33.0 Å². The maximum atomic E-state index is 5.45. The van der Waals surface area contributed by atoms with Crippen LogP contribution in [-0.4, -0.2) is 21.6 Å². The van der Waals surface area contributed by atoms with Crippen LogP contribution in [-0.2, 0) is 6.54 Å². The SMILES string of the molecule is CCOc1ncnc(NCc2ccncc2C)c1C. The van der Waals surface area contributed by atoms with E-state index in [4.69, 9.17) is 4.74 Å². The van der Waals surface area contributed by atoms with Gasteiger partial charge in [-0.2, -0.15) is 0 Å². The summed E-state index contributed by atoms with van der Waals surface area (Å²) in [5.41, 5.74) is 3.29. The van der Waals surface area contributed by atoms with Gasteiger partial charge in [-0.3, -0.25) is 4.98 Å². The highest BCUT2D eigenvalue weighted by Gasteiger charge is 2.07. The average Bonchev–Trinajstić information content (AvgIpc) is 2.42. The van der Waals surface area contributed by atoms with E-state index < -0.39 is 0 Å². The Morgan fingerprint density at radius 1 is 1.26 bits per heavy atom. The first kappa shape index (κ1) is 13.3. The van der Waals surface area contributed by atoms with Gasteiger partial charge in [0.1, 0.15) is 12.1 Å². The number of aromatic nitrogens is 3. The molecule has 2 rings (SSSR count). The molecule has 0 bridgehead atoms. The first-order valence-electron chi connectivity index (χ1n) is 6.30. The van der Waals surface area contributed by atoms with Crippen molar-refractivity contribution >= 4 is 5.82 Å². The standard InChI is InChI=1S/C14H18N4O/c1-4-19-14-11(3)13(17-9-18-14)16-8-12-5-6-15-7-10(12)2/h5-7,9H,4,8H2,1-3H3,(H,16,17,18). The molecule has 0 radical (unpaired) electrons. The zero-order valence-corrected chi connectivity index (χ0v) is 11.5. The first-order chi connectivity index (χ1) is 9.22. The van der Waals surface area contributed by atoms with Crippen molar-refractivity contribution in [2.24, 2.45) is 0 Å². The quantitative estimate of drug-likeness (QED) is 0.892. The van der Waals surface area contributed by atoms with Gasteiger partial charge >= 0.3 is 0 Å². The molecule has 0 atom stereocenters. The predicted octanol–water partition coefficient (Wildman–Crippen LogP) is 2.50. The molecule has 0 spiro atoms. The van der Waals surface area contributed by atoms with Crippen molar-refractivity contribution in [3.8, 4) is 5.88 Å². The van der Waals surface area contributed by atoms with E-state index >= 15 is 0 Å². The molecule has 5 nitrogen and oxygen atoms in total. The number of rotatable bonds is 5. The molecule has 0 aliphatic heterocycles. The molecule has 0 fully saturated rings. The van der Waals surface area contributed by atoms with Gasteiger partial charge in [0.05, 0.1) is 12.2 Å². The summed E-state index contributed by atoms with van der Waals surface area (Å²) in [6.45, 7) is 7.24. The molecule has 0 aliphatic carbocycles. The summed E-state index contributed by atoms with van der Waals surface area (Å²) < 4.78 is 5.45. The van der Waals surface area contributed by atoms with Crippen molar-refractivity contribution in [1.82, 2.24) is 15.0 Å². The Morgan fingerprint density at radius 2 is 2.11 bits per heavy atom. The Hall–Kier alpha value is -2.17. The van der Waals surface area contributed by atoms with Crippen LogP contribution in [0.2, 0.25) is 0 Å². The van der Waals surface area contributed by atoms with Crippen LogP contribution < -0.4 is 10.1 Å². The zero-order valence-electron chi connectivity index (χ0n) is 11.5. The number of hydrogen-bond acceptors (Lipinski definition) is 5. The summed E-state index contributed by atoms with van der Waals surface area (Å²) in [6, 6.07) is 2.00. The molecule has 2 aromatic heterocycles. The Balaban J connectivity index is 2.12. The van der Waals surface area contributed by atoms with E-state index in [2.05, 4.69) is 20.3 Å². The van der Waals surface area contributed by atoms with Crippen LogP contribution in [0.5, 0.6) is 5.88 Å². The lowest BCUT2D eigenvalue weighted by Gasteiger charge is -2.12. The van der Waals surface area contributed by atoms with Crippen LogP contribution in [0.4, 0.5) is 5.82 Å². The van der Waals surface area contributed by atoms with Gasteiger partial charge < -0.3 is 10.1 Å². The third-order valence-electron chi connectivity index (χ3n) is 2.90. The van der Waals surface area contributed by atoms with E-state index in [0.29, 0.717) is 19.0 Å². The Labute approximate surface area is 113 Å². The van der Waals surface area contributed by atoms with E-state index in [9.17, 15) is 0 Å². The molecule has 0 unspecified atom stereocenters. The third kappa shape index (κ3) is 3.19. The van der Waals surface area contributed by atoms with Crippen LogP contribution in [0.1, 0.15) is 23.6 Å². The largest absolute Gasteiger partial charge is 0.478 e. The summed E-state index contributed by atoms with van der Waals surface area (Å²) >= 11 is 0. The monoisotopic (exact) mass is 258 g/mol. The molecular formula is C14H18N4O. The summed E-state index contributed by atoms with van der Waals surface area (Å²) in [5.74, 6) is 1.43. The minimum atomic E-state index is 0.598. The van der Waals surface area contributed by atoms with E-state index in [0.717, 1.165) is 16.9 Å². The lowest BCUT2D eigenvalue weighted by atomic mass is 10.1. The minimum Gasteiger partial charge on any atom is -0.478 e. The molecule has 19 heavy (non-hydrogen) atoms. The smallest absolute Gasteiger partial charge is 0.221 e. The van der Waals surface area contributed by atoms with Crippen LogP contribution in [0.3, 0.4) is 0 Å². The second-order valence-electron chi connectivity index (χ2n) is 4.24. The summed E-state index contributed by atoms with van der Waals surface area (Å²) in [5, 5.41) is 3.31. The van der Waals surface area contributed by atoms with Gasteiger partial charge in [-0.25, -0.2) is 9.97 Å². The summed E-state index contributed by atoms with van der Waals surface area (Å²) in [4.78, 5) is 12.4. The Morgan fingerprint density at radius 3 is 2.84 bits per heavy atom. The fourth-order valence-electron chi connectivity index (χ4n) is 1.77. The first-order valence-corrected chi connectivity index (χ1v) is 6.30. The van der Waals surface area contributed by atoms with Crippen molar-refractivity contribution < 1.29 is 4.74 Å². The molecule has 5 heteroatoms. The molecule has 100 valence electrons. The van der Waals surface area contributed by atoms with Crippen molar-refractivity contribution in [2.45, 2.75) is 27.3 Å². The van der Waals surface area contributed by atoms with E-state index in [1.54, 1.807) is 6.20 Å². The number of pyridine rings is 1. The normalized spacial score (nSPS) is 10.3. The van der Waals surface area contributed by atoms with Gasteiger partial charge in [0.15, 0.2) is 0 Å². The Kier molecular flexibility index (Phi) is 4.28. The topological polar surface area (TPSA) is 59.9 Å². The highest BCUT2D eigenvalue weighted by Crippen LogP contribution is 2.21. The lowest BCUT2D eigenvalue weighted by Crippen LogP contribution is -2.07. The van der Waals surface area contributed by atoms with Crippen molar-refractivity contribution in [1.29, 1.82) is 0 Å². The molecule has 1 N–H and O–H groups in total. The van der Waals surface area contributed by atoms with E-state index in [1.165, 1.54) is 11.9 Å². The maximum Gasteiger partial charge on any atom is 0.221 e. The molecule has 0 saturated carbocycles. The van der Waals surface area contributed by atoms with Crippen LogP contribution in [0.15, 0.2) is 24.8 Å². The number of anilines is 1. The third-order valence-corrected chi connectivity index (χ3v) is 2.90. The highest BCUT2D eigenvalue weighted by molar-refractivity contribution is 5.48. The van der Waals surface area contributed by atoms with Crippen molar-refractivity contribution in [3.05, 3.63) is 41.5 Å². The maximum absolute atomic E-state index is 5.45. The van der Waals surface area contributed by atoms with Gasteiger partial charge in [-0.15, -0.1) is 0 Å². The molecule has 0 saturated heterocycles. The van der Waals surface area contributed by atoms with Crippen LogP contribution >= 0.6 is 0 Å². The molecule has 2 heterocycles. The molecular weight excluding hydrogens is 240 g/mol. The fourth-order valence-corrected chi connectivity index (χ4v) is 1.77. The van der Waals surface area contributed by atoms with Gasteiger partial charge in [-0.1, -0.05) is 0 Å². The summed E-state index contributed by atoms with van der Waals surface area (Å²) in [7, 11) is 0. The lowest BCUT2D eigenvalue weighted by molar-refractivity contribution is 0.324.